The molecule has 106 valence electrons. The second-order valence-corrected chi connectivity index (χ2v) is 6.00. The molecule has 0 aliphatic rings. The van der Waals surface area contributed by atoms with E-state index in [1.54, 1.807) is 0 Å². The fourth-order valence-electron chi connectivity index (χ4n) is 1.54. The number of nitrogens with two attached hydrogens (primary N) is 1. The van der Waals surface area contributed by atoms with Crippen molar-refractivity contribution in [3.8, 4) is 0 Å². The molecule has 0 bridgehead atoms. The summed E-state index contributed by atoms with van der Waals surface area (Å²) in [7, 11) is -4.09. The lowest BCUT2D eigenvalue weighted by Crippen LogP contribution is -2.15. The van der Waals surface area contributed by atoms with Crippen LogP contribution in [-0.2, 0) is 10.0 Å². The minimum absolute atomic E-state index is 0.0764. The van der Waals surface area contributed by atoms with Gasteiger partial charge < -0.3 is 5.73 Å². The smallest absolute Gasteiger partial charge is 0.264 e. The normalized spacial score (nSPS) is 11.3. The van der Waals surface area contributed by atoms with Gasteiger partial charge in [0.25, 0.3) is 10.0 Å². The van der Waals surface area contributed by atoms with Gasteiger partial charge in [-0.2, -0.15) is 0 Å². The first-order valence-electron chi connectivity index (χ1n) is 5.32. The number of anilines is 2. The molecular weight excluding hydrogens is 310 g/mol. The summed E-state index contributed by atoms with van der Waals surface area (Å²) >= 11 is 5.67. The number of hydrogen-bond acceptors (Lipinski definition) is 3. The highest BCUT2D eigenvalue weighted by molar-refractivity contribution is 7.92. The maximum absolute atomic E-state index is 13.4. The van der Waals surface area contributed by atoms with Crippen molar-refractivity contribution in [3.63, 3.8) is 0 Å². The molecule has 0 spiro atoms. The molecule has 2 aromatic carbocycles. The van der Waals surface area contributed by atoms with Crippen molar-refractivity contribution in [2.45, 2.75) is 4.90 Å². The Labute approximate surface area is 119 Å². The van der Waals surface area contributed by atoms with Gasteiger partial charge in [-0.1, -0.05) is 11.6 Å². The third-order valence-electron chi connectivity index (χ3n) is 2.44. The van der Waals surface area contributed by atoms with Gasteiger partial charge >= 0.3 is 0 Å². The van der Waals surface area contributed by atoms with Crippen LogP contribution in [0.1, 0.15) is 0 Å². The largest absolute Gasteiger partial charge is 0.398 e. The molecule has 20 heavy (non-hydrogen) atoms. The summed E-state index contributed by atoms with van der Waals surface area (Å²) in [6.07, 6.45) is 0. The Morgan fingerprint density at radius 3 is 2.40 bits per heavy atom. The summed E-state index contributed by atoms with van der Waals surface area (Å²) in [5.41, 5.74) is 5.12. The first-order chi connectivity index (χ1) is 9.29. The molecule has 0 fully saturated rings. The molecule has 2 rings (SSSR count). The average molecular weight is 319 g/mol. The number of nitrogens with one attached hydrogen (secondary N) is 1. The topological polar surface area (TPSA) is 72.2 Å². The van der Waals surface area contributed by atoms with Crippen LogP contribution in [0.25, 0.3) is 0 Å². The number of benzene rings is 2. The Bertz CT molecular complexity index is 766. The molecule has 0 saturated carbocycles. The SMILES string of the molecule is Nc1cc(Cl)ccc1S(=O)(=O)Nc1ccc(F)cc1F. The van der Waals surface area contributed by atoms with Crippen LogP contribution in [0.15, 0.2) is 41.3 Å². The Kier molecular flexibility index (Phi) is 3.82. The highest BCUT2D eigenvalue weighted by atomic mass is 35.5. The quantitative estimate of drug-likeness (QED) is 0.854. The standard InChI is InChI=1S/C12H9ClF2N2O2S/c13-7-1-4-12(10(16)5-7)20(18,19)17-11-3-2-8(14)6-9(11)15/h1-6,17H,16H2. The molecule has 0 aromatic heterocycles. The highest BCUT2D eigenvalue weighted by Gasteiger charge is 2.19. The van der Waals surface area contributed by atoms with Gasteiger partial charge in [-0.3, -0.25) is 4.72 Å². The van der Waals surface area contributed by atoms with Crippen molar-refractivity contribution in [2.75, 3.05) is 10.5 Å². The molecule has 0 unspecified atom stereocenters. The van der Waals surface area contributed by atoms with Gasteiger partial charge in [0, 0.05) is 11.1 Å². The molecule has 4 nitrogen and oxygen atoms in total. The lowest BCUT2D eigenvalue weighted by atomic mass is 10.3. The molecule has 0 heterocycles. The van der Waals surface area contributed by atoms with E-state index in [4.69, 9.17) is 17.3 Å². The van der Waals surface area contributed by atoms with Crippen LogP contribution in [0.2, 0.25) is 5.02 Å². The van der Waals surface area contributed by atoms with Crippen LogP contribution in [0.3, 0.4) is 0 Å². The first-order valence-corrected chi connectivity index (χ1v) is 7.18. The summed E-state index contributed by atoms with van der Waals surface area (Å²) in [4.78, 5) is -0.245. The molecule has 0 radical (unpaired) electrons. The van der Waals surface area contributed by atoms with Crippen molar-refractivity contribution in [3.05, 3.63) is 53.1 Å². The van der Waals surface area contributed by atoms with Gasteiger partial charge in [-0.15, -0.1) is 0 Å². The summed E-state index contributed by atoms with van der Waals surface area (Å²) in [5.74, 6) is -1.84. The van der Waals surface area contributed by atoms with Gasteiger partial charge in [-0.25, -0.2) is 17.2 Å². The van der Waals surface area contributed by atoms with E-state index in [-0.39, 0.29) is 21.3 Å². The average Bonchev–Trinajstić information content (AvgIpc) is 2.32. The van der Waals surface area contributed by atoms with Crippen LogP contribution in [0.5, 0.6) is 0 Å². The van der Waals surface area contributed by atoms with Crippen LogP contribution in [-0.4, -0.2) is 8.42 Å². The predicted molar refractivity (Wildman–Crippen MR) is 73.0 cm³/mol. The Morgan fingerprint density at radius 1 is 1.10 bits per heavy atom. The van der Waals surface area contributed by atoms with Gasteiger partial charge in [0.2, 0.25) is 0 Å². The zero-order valence-electron chi connectivity index (χ0n) is 9.90. The minimum Gasteiger partial charge on any atom is -0.398 e. The molecule has 0 aliphatic carbocycles. The Balaban J connectivity index is 2.41. The number of rotatable bonds is 3. The zero-order valence-corrected chi connectivity index (χ0v) is 11.5. The third-order valence-corrected chi connectivity index (χ3v) is 4.11. The molecule has 0 amide bonds. The van der Waals surface area contributed by atoms with Crippen LogP contribution in [0.4, 0.5) is 20.2 Å². The highest BCUT2D eigenvalue weighted by Crippen LogP contribution is 2.25. The van der Waals surface area contributed by atoms with E-state index in [0.29, 0.717) is 6.07 Å². The fraction of sp³-hybridized carbons (Fsp3) is 0. The number of halogens is 3. The zero-order chi connectivity index (χ0) is 14.9. The molecule has 3 N–H and O–H groups in total. The van der Waals surface area contributed by atoms with Gasteiger partial charge in [0.15, 0.2) is 0 Å². The number of sulfonamides is 1. The van der Waals surface area contributed by atoms with E-state index in [2.05, 4.69) is 0 Å². The van der Waals surface area contributed by atoms with Crippen LogP contribution < -0.4 is 10.5 Å². The van der Waals surface area contributed by atoms with E-state index in [1.807, 2.05) is 4.72 Å². The first kappa shape index (κ1) is 14.5. The van der Waals surface area contributed by atoms with E-state index < -0.39 is 21.7 Å². The lowest BCUT2D eigenvalue weighted by molar-refractivity contribution is 0.583. The van der Waals surface area contributed by atoms with Crippen molar-refractivity contribution in [2.24, 2.45) is 0 Å². The third kappa shape index (κ3) is 3.00. The predicted octanol–water partition coefficient (Wildman–Crippen LogP) is 3.00. The van der Waals surface area contributed by atoms with E-state index in [0.717, 1.165) is 12.1 Å². The molecule has 8 heteroatoms. The number of hydrogen-bond donors (Lipinski definition) is 2. The maximum Gasteiger partial charge on any atom is 0.264 e. The molecule has 0 aliphatic heterocycles. The van der Waals surface area contributed by atoms with Gasteiger partial charge in [0.05, 0.1) is 11.4 Å². The molecule has 0 saturated heterocycles. The summed E-state index contributed by atoms with van der Waals surface area (Å²) in [5, 5.41) is 0.273. The van der Waals surface area contributed by atoms with E-state index in [1.165, 1.54) is 18.2 Å². The monoisotopic (exact) mass is 318 g/mol. The molecule has 0 atom stereocenters. The van der Waals surface area contributed by atoms with Crippen molar-refractivity contribution in [1.29, 1.82) is 0 Å². The second-order valence-electron chi connectivity index (χ2n) is 3.91. The lowest BCUT2D eigenvalue weighted by Gasteiger charge is -2.11. The minimum atomic E-state index is -4.09. The summed E-state index contributed by atoms with van der Waals surface area (Å²) in [6.45, 7) is 0. The maximum atomic E-state index is 13.4. The number of nitrogen functional groups attached to an aromatic ring is 1. The van der Waals surface area contributed by atoms with Gasteiger partial charge in [0.1, 0.15) is 16.5 Å². The summed E-state index contributed by atoms with van der Waals surface area (Å²) in [6, 6.07) is 6.29. The molecule has 2 aromatic rings. The van der Waals surface area contributed by atoms with Gasteiger partial charge in [-0.05, 0) is 30.3 Å². The fourth-order valence-corrected chi connectivity index (χ4v) is 2.90. The van der Waals surface area contributed by atoms with Crippen LogP contribution >= 0.6 is 11.6 Å². The van der Waals surface area contributed by atoms with Crippen molar-refractivity contribution >= 4 is 33.0 Å². The van der Waals surface area contributed by atoms with E-state index in [9.17, 15) is 17.2 Å². The Morgan fingerprint density at radius 2 is 1.80 bits per heavy atom. The van der Waals surface area contributed by atoms with Crippen molar-refractivity contribution in [1.82, 2.24) is 0 Å². The summed E-state index contributed by atoms with van der Waals surface area (Å²) < 4.78 is 52.4. The van der Waals surface area contributed by atoms with Crippen LogP contribution in [0, 0.1) is 11.6 Å². The molecular formula is C12H9ClF2N2O2S. The van der Waals surface area contributed by atoms with Crippen molar-refractivity contribution < 1.29 is 17.2 Å². The van der Waals surface area contributed by atoms with E-state index >= 15 is 0 Å². The Hall–Kier alpha value is -1.86. The second kappa shape index (κ2) is 5.26.